The number of carbonyl (C=O) groups excluding carboxylic acids is 3. The van der Waals surface area contributed by atoms with Crippen LogP contribution < -0.4 is 9.47 Å². The third kappa shape index (κ3) is 2.42. The van der Waals surface area contributed by atoms with Crippen molar-refractivity contribution in [3.63, 3.8) is 0 Å². The normalized spacial score (nSPS) is 29.7. The quantitative estimate of drug-likeness (QED) is 0.556. The van der Waals surface area contributed by atoms with E-state index in [2.05, 4.69) is 0 Å². The summed E-state index contributed by atoms with van der Waals surface area (Å²) in [5, 5.41) is 0. The van der Waals surface area contributed by atoms with Crippen LogP contribution in [-0.4, -0.2) is 54.8 Å². The molecule has 0 N–H and O–H groups in total. The maximum absolute atomic E-state index is 12.8. The molecule has 0 aromatic heterocycles. The van der Waals surface area contributed by atoms with Gasteiger partial charge in [-0.1, -0.05) is 12.1 Å². The Morgan fingerprint density at radius 2 is 2.03 bits per heavy atom. The summed E-state index contributed by atoms with van der Waals surface area (Å²) in [5.41, 5.74) is 1.36. The van der Waals surface area contributed by atoms with Crippen LogP contribution in [0.25, 0.3) is 0 Å². The smallest absolute Gasteiger partial charge is 0.477 e. The van der Waals surface area contributed by atoms with Crippen molar-refractivity contribution in [3.05, 3.63) is 35.4 Å². The third-order valence-corrected chi connectivity index (χ3v) is 6.67. The number of piperidine rings is 1. The number of carbonyl (C=O) groups is 3. The Hall–Kier alpha value is -3.03. The molecule has 158 valence electrons. The fourth-order valence-electron chi connectivity index (χ4n) is 5.64. The Balaban J connectivity index is 1.62. The molecule has 4 unspecified atom stereocenters. The zero-order chi connectivity index (χ0) is 21.0. The summed E-state index contributed by atoms with van der Waals surface area (Å²) in [6.07, 6.45) is 2.81. The van der Waals surface area contributed by atoms with Crippen molar-refractivity contribution in [2.24, 2.45) is 5.92 Å². The van der Waals surface area contributed by atoms with Gasteiger partial charge in [-0.15, -0.1) is 0 Å². The van der Waals surface area contributed by atoms with Crippen LogP contribution in [0.15, 0.2) is 24.3 Å². The maximum atomic E-state index is 12.8. The van der Waals surface area contributed by atoms with Gasteiger partial charge in [-0.3, -0.25) is 4.79 Å². The van der Waals surface area contributed by atoms with Crippen molar-refractivity contribution in [2.45, 2.75) is 44.2 Å². The number of rotatable bonds is 3. The first kappa shape index (κ1) is 19.0. The molecule has 4 atom stereocenters. The van der Waals surface area contributed by atoms with Gasteiger partial charge in [0.25, 0.3) is 0 Å². The van der Waals surface area contributed by atoms with E-state index in [9.17, 15) is 14.4 Å². The molecule has 2 aliphatic heterocycles. The van der Waals surface area contributed by atoms with Crippen LogP contribution in [0.4, 0.5) is 9.59 Å². The summed E-state index contributed by atoms with van der Waals surface area (Å²) in [7, 11) is 0. The molecule has 8 nitrogen and oxygen atoms in total. The lowest BCUT2D eigenvalue weighted by atomic mass is 9.53. The molecule has 5 rings (SSSR count). The average Bonchev–Trinajstić information content (AvgIpc) is 3.06. The lowest BCUT2D eigenvalue weighted by Gasteiger charge is -2.55. The maximum Gasteiger partial charge on any atom is 0.513 e. The van der Waals surface area contributed by atoms with Gasteiger partial charge in [0.15, 0.2) is 23.4 Å². The lowest BCUT2D eigenvalue weighted by Crippen LogP contribution is -2.65. The first-order valence-electron chi connectivity index (χ1n) is 10.3. The molecule has 1 fully saturated rings. The first-order chi connectivity index (χ1) is 14.5. The molecule has 2 bridgehead atoms. The topological polar surface area (TPSA) is 91.4 Å². The number of benzene rings is 1. The van der Waals surface area contributed by atoms with Crippen molar-refractivity contribution >= 4 is 18.0 Å². The van der Waals surface area contributed by atoms with Gasteiger partial charge >= 0.3 is 12.2 Å². The van der Waals surface area contributed by atoms with Gasteiger partial charge in [0.1, 0.15) is 0 Å². The van der Waals surface area contributed by atoms with Gasteiger partial charge in [0.2, 0.25) is 0 Å². The van der Waals surface area contributed by atoms with Gasteiger partial charge < -0.3 is 23.8 Å². The minimum Gasteiger partial charge on any atom is -0.477 e. The molecular formula is C22H23NO7. The molecular weight excluding hydrogens is 390 g/mol. The molecule has 8 heteroatoms. The summed E-state index contributed by atoms with van der Waals surface area (Å²) in [6.45, 7) is 4.47. The van der Waals surface area contributed by atoms with E-state index in [0.29, 0.717) is 31.7 Å². The molecule has 1 aromatic rings. The van der Waals surface area contributed by atoms with Crippen molar-refractivity contribution in [1.82, 2.24) is 4.90 Å². The van der Waals surface area contributed by atoms with Crippen molar-refractivity contribution in [1.29, 1.82) is 0 Å². The minimum absolute atomic E-state index is 0.0788. The molecule has 1 saturated heterocycles. The monoisotopic (exact) mass is 413 g/mol. The van der Waals surface area contributed by atoms with Gasteiger partial charge in [-0.05, 0) is 44.4 Å². The second-order valence-corrected chi connectivity index (χ2v) is 7.95. The van der Waals surface area contributed by atoms with E-state index in [1.54, 1.807) is 30.9 Å². The van der Waals surface area contributed by atoms with E-state index in [-0.39, 0.29) is 36.2 Å². The third-order valence-electron chi connectivity index (χ3n) is 6.67. The SMILES string of the molecule is CCOC(=O)Oc1ccc2c3c1OC1C(=O)C=CC4C(C2)N(C(=O)OCC)CCC314. The summed E-state index contributed by atoms with van der Waals surface area (Å²) in [5.74, 6) is 0.509. The van der Waals surface area contributed by atoms with E-state index in [0.717, 1.165) is 11.1 Å². The molecule has 2 aliphatic carbocycles. The highest BCUT2D eigenvalue weighted by atomic mass is 16.7. The molecule has 0 saturated carbocycles. The average molecular weight is 413 g/mol. The molecule has 2 heterocycles. The van der Waals surface area contributed by atoms with Crippen LogP contribution in [-0.2, 0) is 26.1 Å². The predicted molar refractivity (Wildman–Crippen MR) is 104 cm³/mol. The van der Waals surface area contributed by atoms with Crippen molar-refractivity contribution in [2.75, 3.05) is 19.8 Å². The van der Waals surface area contributed by atoms with Gasteiger partial charge in [-0.25, -0.2) is 9.59 Å². The van der Waals surface area contributed by atoms with E-state index in [1.807, 2.05) is 12.1 Å². The second kappa shape index (κ2) is 6.75. The van der Waals surface area contributed by atoms with Crippen LogP contribution in [0, 0.1) is 5.92 Å². The first-order valence-corrected chi connectivity index (χ1v) is 10.3. The largest absolute Gasteiger partial charge is 0.513 e. The number of likely N-dealkylation sites (tertiary alicyclic amines) is 1. The molecule has 1 aromatic carbocycles. The Morgan fingerprint density at radius 3 is 2.80 bits per heavy atom. The predicted octanol–water partition coefficient (Wildman–Crippen LogP) is 2.76. The molecule has 1 amide bonds. The van der Waals surface area contributed by atoms with Crippen LogP contribution in [0.1, 0.15) is 31.4 Å². The van der Waals surface area contributed by atoms with Crippen molar-refractivity contribution < 1.29 is 33.3 Å². The lowest BCUT2D eigenvalue weighted by molar-refractivity contribution is -0.127. The Bertz CT molecular complexity index is 970. The van der Waals surface area contributed by atoms with Gasteiger partial charge in [-0.2, -0.15) is 0 Å². The van der Waals surface area contributed by atoms with Crippen LogP contribution in [0.5, 0.6) is 11.5 Å². The summed E-state index contributed by atoms with van der Waals surface area (Å²) < 4.78 is 21.7. The second-order valence-electron chi connectivity index (χ2n) is 7.95. The summed E-state index contributed by atoms with van der Waals surface area (Å²) in [6, 6.07) is 3.44. The van der Waals surface area contributed by atoms with E-state index in [4.69, 9.17) is 18.9 Å². The number of hydrogen-bond donors (Lipinski definition) is 0. The van der Waals surface area contributed by atoms with Crippen LogP contribution in [0.2, 0.25) is 0 Å². The number of nitrogens with zero attached hydrogens (tertiary/aromatic N) is 1. The number of ketones is 1. The van der Waals surface area contributed by atoms with E-state index < -0.39 is 17.7 Å². The fraction of sp³-hybridized carbons (Fsp3) is 0.500. The molecule has 0 radical (unpaired) electrons. The number of hydrogen-bond acceptors (Lipinski definition) is 7. The standard InChI is InChI=1S/C22H23NO7/c1-3-27-20(25)23-10-9-22-13-6-7-15(24)19(22)30-18-16(29-21(26)28-4-2)8-5-12(17(18)22)11-14(13)23/h5-8,13-14,19H,3-4,9-11H2,1-2H3. The van der Waals surface area contributed by atoms with Crippen molar-refractivity contribution in [3.8, 4) is 11.5 Å². The highest BCUT2D eigenvalue weighted by molar-refractivity contribution is 5.98. The van der Waals surface area contributed by atoms with Gasteiger partial charge in [0.05, 0.1) is 18.6 Å². The molecule has 30 heavy (non-hydrogen) atoms. The highest BCUT2D eigenvalue weighted by Crippen LogP contribution is 2.62. The number of ether oxygens (including phenoxy) is 4. The fourth-order valence-corrected chi connectivity index (χ4v) is 5.64. The van der Waals surface area contributed by atoms with Crippen LogP contribution >= 0.6 is 0 Å². The van der Waals surface area contributed by atoms with E-state index >= 15 is 0 Å². The Kier molecular flexibility index (Phi) is 4.27. The highest BCUT2D eigenvalue weighted by Gasteiger charge is 2.65. The van der Waals surface area contributed by atoms with E-state index in [1.165, 1.54) is 0 Å². The zero-order valence-corrected chi connectivity index (χ0v) is 16.9. The molecule has 4 aliphatic rings. The van der Waals surface area contributed by atoms with Gasteiger partial charge in [0, 0.05) is 24.1 Å². The zero-order valence-electron chi connectivity index (χ0n) is 16.9. The number of amides is 1. The summed E-state index contributed by atoms with van der Waals surface area (Å²) in [4.78, 5) is 39.1. The molecule has 1 spiro atoms. The Labute approximate surface area is 173 Å². The summed E-state index contributed by atoms with van der Waals surface area (Å²) >= 11 is 0. The minimum atomic E-state index is -0.809. The Morgan fingerprint density at radius 1 is 1.23 bits per heavy atom. The van der Waals surface area contributed by atoms with Crippen LogP contribution in [0.3, 0.4) is 0 Å².